The number of aromatic nitrogens is 2. The number of rotatable bonds is 0. The van der Waals surface area contributed by atoms with E-state index in [1.165, 1.54) is 0 Å². The summed E-state index contributed by atoms with van der Waals surface area (Å²) in [5, 5.41) is 0. The predicted octanol–water partition coefficient (Wildman–Crippen LogP) is -0.0172. The molecular weight excluding hydrogens is 338 g/mol. The van der Waals surface area contributed by atoms with Crippen LogP contribution in [0.5, 0.6) is 0 Å². The average molecular weight is 344 g/mol. The van der Waals surface area contributed by atoms with Crippen LogP contribution < -0.4 is 0 Å². The van der Waals surface area contributed by atoms with Gasteiger partial charge in [-0.25, -0.2) is 0 Å². The van der Waals surface area contributed by atoms with E-state index in [-0.39, 0.29) is 41.0 Å². The van der Waals surface area contributed by atoms with E-state index in [9.17, 15) is 9.59 Å². The summed E-state index contributed by atoms with van der Waals surface area (Å²) in [6.45, 7) is 3.86. The first-order valence-electron chi connectivity index (χ1n) is 4.63. The summed E-state index contributed by atoms with van der Waals surface area (Å²) in [4.78, 5) is 24.3. The molecule has 0 aromatic carbocycles. The van der Waals surface area contributed by atoms with E-state index in [0.29, 0.717) is 22.5 Å². The second-order valence-corrected chi connectivity index (χ2v) is 7.69. The Balaban J connectivity index is 2.40. The van der Waals surface area contributed by atoms with Gasteiger partial charge in [0.15, 0.2) is 0 Å². The van der Waals surface area contributed by atoms with Crippen molar-refractivity contribution in [3.05, 3.63) is 31.4 Å². The Morgan fingerprint density at radius 1 is 0.875 bits per heavy atom. The van der Waals surface area contributed by atoms with Gasteiger partial charge in [-0.05, 0) is 0 Å². The molecule has 0 bridgehead atoms. The Bertz CT molecular complexity index is 588. The van der Waals surface area contributed by atoms with Crippen LogP contribution in [0.2, 0.25) is 0 Å². The zero-order valence-corrected chi connectivity index (χ0v) is 12.0. The zero-order chi connectivity index (χ0) is 11.4. The van der Waals surface area contributed by atoms with Gasteiger partial charge in [0.25, 0.3) is 0 Å². The van der Waals surface area contributed by atoms with Gasteiger partial charge in [0, 0.05) is 0 Å². The van der Waals surface area contributed by atoms with Crippen LogP contribution in [0, 0.1) is 13.8 Å². The summed E-state index contributed by atoms with van der Waals surface area (Å²) in [5.74, 6) is -0.187. The van der Waals surface area contributed by atoms with Crippen LogP contribution in [0.4, 0.5) is 0 Å². The van der Waals surface area contributed by atoms with E-state index in [4.69, 9.17) is 0 Å². The summed E-state index contributed by atoms with van der Waals surface area (Å²) in [5.41, 5.74) is 1.82. The fraction of sp³-hybridized carbons (Fsp3) is 0.200. The molecule has 4 nitrogen and oxygen atoms in total. The third-order valence-corrected chi connectivity index (χ3v) is 5.88. The molecule has 0 saturated carbocycles. The van der Waals surface area contributed by atoms with Gasteiger partial charge < -0.3 is 0 Å². The van der Waals surface area contributed by atoms with Gasteiger partial charge in [-0.3, -0.25) is 0 Å². The Labute approximate surface area is 104 Å². The molecule has 16 heavy (non-hydrogen) atoms. The van der Waals surface area contributed by atoms with Crippen molar-refractivity contribution in [1.29, 1.82) is 0 Å². The van der Waals surface area contributed by atoms with Crippen molar-refractivity contribution in [3.8, 4) is 0 Å². The minimum atomic E-state index is -0.317. The molecule has 0 saturated heterocycles. The van der Waals surface area contributed by atoms with Crippen LogP contribution in [-0.2, 0) is 0 Å². The quantitative estimate of drug-likeness (QED) is 0.538. The van der Waals surface area contributed by atoms with E-state index >= 15 is 0 Å². The van der Waals surface area contributed by atoms with Gasteiger partial charge in [0.2, 0.25) is 0 Å². The van der Waals surface area contributed by atoms with Crippen molar-refractivity contribution in [2.24, 2.45) is 0 Å². The molecule has 80 valence electrons. The van der Waals surface area contributed by atoms with Crippen molar-refractivity contribution < 1.29 is 9.59 Å². The molecule has 3 rings (SSSR count). The molecule has 2 aromatic rings. The van der Waals surface area contributed by atoms with Gasteiger partial charge >= 0.3 is 104 Å². The first-order chi connectivity index (χ1) is 7.61. The molecule has 1 aliphatic rings. The van der Waals surface area contributed by atoms with Gasteiger partial charge in [0.05, 0.1) is 0 Å². The van der Waals surface area contributed by atoms with Crippen molar-refractivity contribution in [1.82, 2.24) is 7.96 Å². The maximum atomic E-state index is 12.2. The second kappa shape index (κ2) is 3.34. The average Bonchev–Trinajstić information content (AvgIpc) is 2.80. The van der Waals surface area contributed by atoms with E-state index < -0.39 is 0 Å². The van der Waals surface area contributed by atoms with Crippen LogP contribution in [0.3, 0.4) is 0 Å². The van der Waals surface area contributed by atoms with Crippen molar-refractivity contribution in [3.63, 3.8) is 0 Å². The second-order valence-electron chi connectivity index (χ2n) is 3.58. The summed E-state index contributed by atoms with van der Waals surface area (Å²) >= 11 is -0.177. The predicted molar refractivity (Wildman–Crippen MR) is 58.7 cm³/mol. The molecule has 2 heterocycles. The SMILES string of the molecule is Cc1[se]c(C)c2c1C(=O)c1n[se]nc1C2=O. The number of carbonyl (C=O) groups excluding carboxylic acids is 2. The molecule has 0 spiro atoms. The van der Waals surface area contributed by atoms with E-state index in [1.807, 2.05) is 13.8 Å². The molecule has 6 heteroatoms. The van der Waals surface area contributed by atoms with E-state index in [1.54, 1.807) is 0 Å². The van der Waals surface area contributed by atoms with Crippen LogP contribution >= 0.6 is 0 Å². The third kappa shape index (κ3) is 1.16. The first-order valence-corrected chi connectivity index (χ1v) is 7.87. The first kappa shape index (κ1) is 10.4. The van der Waals surface area contributed by atoms with Crippen molar-refractivity contribution >= 4 is 41.0 Å². The maximum absolute atomic E-state index is 12.2. The molecule has 1 aliphatic carbocycles. The molecule has 0 aliphatic heterocycles. The fourth-order valence-corrected chi connectivity index (χ4v) is 5.30. The monoisotopic (exact) mass is 346 g/mol. The number of carbonyl (C=O) groups is 2. The van der Waals surface area contributed by atoms with Gasteiger partial charge in [0.1, 0.15) is 0 Å². The zero-order valence-electron chi connectivity index (χ0n) is 8.53. The number of hydrogen-bond acceptors (Lipinski definition) is 4. The number of hydrogen-bond donors (Lipinski definition) is 0. The molecule has 0 N–H and O–H groups in total. The standard InChI is InChI=1S/C10H6N2O2Se2/c1-3-5-6(4(2)15-3)10(14)8-7(9(5)13)11-16-12-8/h1-2H3. The summed E-state index contributed by atoms with van der Waals surface area (Å²) in [6.07, 6.45) is 0. The fourth-order valence-electron chi connectivity index (χ4n) is 1.95. The molecule has 0 fully saturated rings. The molecular formula is C10H6N2O2Se2. The normalized spacial score (nSPS) is 13.9. The van der Waals surface area contributed by atoms with Crippen LogP contribution in [0.25, 0.3) is 0 Å². The Kier molecular flexibility index (Phi) is 2.16. The number of fused-ring (bicyclic) bond motifs is 2. The van der Waals surface area contributed by atoms with Gasteiger partial charge in [-0.15, -0.1) is 0 Å². The van der Waals surface area contributed by atoms with Crippen LogP contribution in [0.1, 0.15) is 41.0 Å². The molecule has 0 unspecified atom stereocenters. The summed E-state index contributed by atoms with van der Waals surface area (Å²) < 4.78 is 10.2. The number of ketones is 2. The van der Waals surface area contributed by atoms with E-state index in [2.05, 4.69) is 7.96 Å². The van der Waals surface area contributed by atoms with Crippen molar-refractivity contribution in [2.75, 3.05) is 0 Å². The Morgan fingerprint density at radius 2 is 1.31 bits per heavy atom. The molecule has 0 atom stereocenters. The Hall–Kier alpha value is -0.801. The summed E-state index contributed by atoms with van der Waals surface area (Å²) in [6, 6.07) is 0. The molecule has 0 radical (unpaired) electrons. The topological polar surface area (TPSA) is 59.9 Å². The molecule has 2 aromatic heterocycles. The van der Waals surface area contributed by atoms with Crippen LogP contribution in [-0.4, -0.2) is 49.0 Å². The van der Waals surface area contributed by atoms with Crippen molar-refractivity contribution in [2.45, 2.75) is 13.8 Å². The Morgan fingerprint density at radius 3 is 1.75 bits per heavy atom. The van der Waals surface area contributed by atoms with Crippen LogP contribution in [0.15, 0.2) is 0 Å². The number of aryl methyl sites for hydroxylation is 2. The molecule has 0 amide bonds. The third-order valence-electron chi connectivity index (χ3n) is 2.63. The summed E-state index contributed by atoms with van der Waals surface area (Å²) in [7, 11) is 0. The minimum absolute atomic E-state index is 0.0936. The van der Waals surface area contributed by atoms with Gasteiger partial charge in [-0.2, -0.15) is 0 Å². The van der Waals surface area contributed by atoms with Gasteiger partial charge in [-0.1, -0.05) is 0 Å². The van der Waals surface area contributed by atoms with E-state index in [0.717, 1.165) is 8.87 Å². The number of nitrogens with zero attached hydrogens (tertiary/aromatic N) is 2.